The monoisotopic (exact) mass is 168 g/mol. The summed E-state index contributed by atoms with van der Waals surface area (Å²) in [4.78, 5) is 0. The SMILES string of the molecule is C#CCC[CH-]CCC.[Cl-].[Mg+2]. The molecule has 0 radical (unpaired) electrons. The van der Waals surface area contributed by atoms with E-state index in [1.54, 1.807) is 0 Å². The van der Waals surface area contributed by atoms with Crippen LogP contribution < -0.4 is 12.4 Å². The van der Waals surface area contributed by atoms with Gasteiger partial charge in [-0.15, -0.1) is 12.3 Å². The molecule has 2 heteroatoms. The van der Waals surface area contributed by atoms with Crippen molar-refractivity contribution in [1.82, 2.24) is 0 Å². The molecule has 0 rings (SSSR count). The largest absolute Gasteiger partial charge is 2.00 e. The van der Waals surface area contributed by atoms with Crippen molar-refractivity contribution in [2.24, 2.45) is 0 Å². The Morgan fingerprint density at radius 3 is 2.40 bits per heavy atom. The zero-order chi connectivity index (χ0) is 6.24. The second-order valence-electron chi connectivity index (χ2n) is 1.82. The summed E-state index contributed by atoms with van der Waals surface area (Å²) in [5.41, 5.74) is 0. The van der Waals surface area contributed by atoms with Crippen LogP contribution in [0.1, 0.15) is 32.6 Å². The first-order valence-electron chi connectivity index (χ1n) is 3.17. The fraction of sp³-hybridized carbons (Fsp3) is 0.625. The van der Waals surface area contributed by atoms with Crippen molar-refractivity contribution < 1.29 is 12.4 Å². The van der Waals surface area contributed by atoms with Crippen LogP contribution in [0, 0.1) is 18.8 Å². The van der Waals surface area contributed by atoms with E-state index in [9.17, 15) is 0 Å². The van der Waals surface area contributed by atoms with Gasteiger partial charge in [0, 0.05) is 0 Å². The molecule has 0 saturated heterocycles. The Kier molecular flexibility index (Phi) is 27.6. The van der Waals surface area contributed by atoms with Crippen LogP contribution in [0.25, 0.3) is 0 Å². The molecule has 10 heavy (non-hydrogen) atoms. The second-order valence-corrected chi connectivity index (χ2v) is 1.82. The molecular formula is C8H13ClMg. The normalized spacial score (nSPS) is 6.80. The molecule has 0 aliphatic heterocycles. The molecule has 0 amide bonds. The van der Waals surface area contributed by atoms with Crippen molar-refractivity contribution in [3.63, 3.8) is 0 Å². The maximum Gasteiger partial charge on any atom is 2.00 e. The molecule has 0 aliphatic carbocycles. The average molecular weight is 169 g/mol. The van der Waals surface area contributed by atoms with Gasteiger partial charge in [0.15, 0.2) is 0 Å². The molecular weight excluding hydrogens is 156 g/mol. The Morgan fingerprint density at radius 1 is 1.40 bits per heavy atom. The van der Waals surface area contributed by atoms with Gasteiger partial charge in [-0.2, -0.15) is 12.8 Å². The van der Waals surface area contributed by atoms with E-state index in [1.165, 1.54) is 12.8 Å². The molecule has 0 saturated carbocycles. The molecule has 0 aromatic heterocycles. The third-order valence-corrected chi connectivity index (χ3v) is 0.986. The quantitative estimate of drug-likeness (QED) is 0.220. The molecule has 0 bridgehead atoms. The number of terminal acetylenes is 1. The van der Waals surface area contributed by atoms with E-state index in [2.05, 4.69) is 19.3 Å². The smallest absolute Gasteiger partial charge is 1.00 e. The zero-order valence-corrected chi connectivity index (χ0v) is 8.74. The summed E-state index contributed by atoms with van der Waals surface area (Å²) in [5, 5.41) is 0. The Balaban J connectivity index is -0.000000245. The summed E-state index contributed by atoms with van der Waals surface area (Å²) in [6.07, 6.45) is 11.7. The molecule has 0 nitrogen and oxygen atoms in total. The van der Waals surface area contributed by atoms with E-state index >= 15 is 0 Å². The fourth-order valence-corrected chi connectivity index (χ4v) is 0.534. The van der Waals surface area contributed by atoms with Crippen LogP contribution >= 0.6 is 0 Å². The number of rotatable bonds is 4. The van der Waals surface area contributed by atoms with Crippen LogP contribution in [0.4, 0.5) is 0 Å². The molecule has 0 atom stereocenters. The predicted molar refractivity (Wildman–Crippen MR) is 43.0 cm³/mol. The first-order chi connectivity index (χ1) is 3.91. The van der Waals surface area contributed by atoms with E-state index in [4.69, 9.17) is 6.42 Å². The third kappa shape index (κ3) is 15.8. The first kappa shape index (κ1) is 16.9. The molecule has 0 heterocycles. The topological polar surface area (TPSA) is 0 Å². The van der Waals surface area contributed by atoms with Crippen LogP contribution in [0.2, 0.25) is 0 Å². The van der Waals surface area contributed by atoms with Gasteiger partial charge in [0.25, 0.3) is 0 Å². The van der Waals surface area contributed by atoms with Gasteiger partial charge in [0.05, 0.1) is 0 Å². The van der Waals surface area contributed by atoms with Gasteiger partial charge in [0.2, 0.25) is 0 Å². The Hall–Kier alpha value is 0.616. The number of unbranched alkanes of at least 4 members (excludes halogenated alkanes) is 4. The first-order valence-corrected chi connectivity index (χ1v) is 3.17. The van der Waals surface area contributed by atoms with Crippen molar-refractivity contribution >= 4 is 23.1 Å². The molecule has 0 fully saturated rings. The number of hydrogen-bond acceptors (Lipinski definition) is 0. The Morgan fingerprint density at radius 2 is 2.00 bits per heavy atom. The van der Waals surface area contributed by atoms with Crippen molar-refractivity contribution in [1.29, 1.82) is 0 Å². The van der Waals surface area contributed by atoms with E-state index in [0.29, 0.717) is 0 Å². The molecule has 0 aromatic rings. The standard InChI is InChI=1S/C8H13.ClH.Mg/c1-3-5-7-8-6-4-2;;/h1,8H,4-7H2,2H3;1H;/q-1;;+2/p-1. The summed E-state index contributed by atoms with van der Waals surface area (Å²) in [5.74, 6) is 2.60. The predicted octanol–water partition coefficient (Wildman–Crippen LogP) is -0.973. The van der Waals surface area contributed by atoms with Crippen molar-refractivity contribution in [2.75, 3.05) is 0 Å². The maximum atomic E-state index is 5.04. The van der Waals surface area contributed by atoms with Crippen LogP contribution in [-0.4, -0.2) is 23.1 Å². The minimum Gasteiger partial charge on any atom is -1.00 e. The fourth-order valence-electron chi connectivity index (χ4n) is 0.534. The molecule has 0 aliphatic rings. The van der Waals surface area contributed by atoms with Crippen LogP contribution in [-0.2, 0) is 0 Å². The summed E-state index contributed by atoms with van der Waals surface area (Å²) in [7, 11) is 0. The molecule has 0 spiro atoms. The van der Waals surface area contributed by atoms with Gasteiger partial charge in [-0.25, -0.2) is 0 Å². The molecule has 0 aromatic carbocycles. The van der Waals surface area contributed by atoms with Crippen LogP contribution in [0.3, 0.4) is 0 Å². The van der Waals surface area contributed by atoms with Crippen LogP contribution in [0.5, 0.6) is 0 Å². The van der Waals surface area contributed by atoms with E-state index in [1.807, 2.05) is 0 Å². The molecule has 0 unspecified atom stereocenters. The molecule has 0 N–H and O–H groups in total. The van der Waals surface area contributed by atoms with Crippen molar-refractivity contribution in [3.05, 3.63) is 6.42 Å². The van der Waals surface area contributed by atoms with E-state index in [0.717, 1.165) is 12.8 Å². The van der Waals surface area contributed by atoms with Gasteiger partial charge < -0.3 is 18.8 Å². The van der Waals surface area contributed by atoms with Gasteiger partial charge in [-0.3, -0.25) is 0 Å². The van der Waals surface area contributed by atoms with Crippen molar-refractivity contribution in [3.8, 4) is 12.3 Å². The minimum absolute atomic E-state index is 0. The zero-order valence-electron chi connectivity index (χ0n) is 6.57. The summed E-state index contributed by atoms with van der Waals surface area (Å²) < 4.78 is 0. The van der Waals surface area contributed by atoms with Gasteiger partial charge in [-0.1, -0.05) is 13.3 Å². The molecule has 54 valence electrons. The minimum atomic E-state index is 0. The summed E-state index contributed by atoms with van der Waals surface area (Å²) >= 11 is 0. The number of halogens is 1. The second kappa shape index (κ2) is 16.3. The van der Waals surface area contributed by atoms with Crippen LogP contribution in [0.15, 0.2) is 0 Å². The Bertz CT molecular complexity index is 75.8. The third-order valence-electron chi connectivity index (χ3n) is 0.986. The van der Waals surface area contributed by atoms with Gasteiger partial charge in [-0.05, 0) is 6.42 Å². The van der Waals surface area contributed by atoms with Crippen molar-refractivity contribution in [2.45, 2.75) is 32.6 Å². The van der Waals surface area contributed by atoms with Gasteiger partial charge in [0.1, 0.15) is 0 Å². The number of hydrogen-bond donors (Lipinski definition) is 0. The van der Waals surface area contributed by atoms with E-state index in [-0.39, 0.29) is 35.5 Å². The maximum absolute atomic E-state index is 5.04. The Labute approximate surface area is 86.7 Å². The van der Waals surface area contributed by atoms with Gasteiger partial charge >= 0.3 is 23.1 Å². The van der Waals surface area contributed by atoms with E-state index < -0.39 is 0 Å². The average Bonchev–Trinajstić information content (AvgIpc) is 1.81. The summed E-state index contributed by atoms with van der Waals surface area (Å²) in [6.45, 7) is 2.17. The summed E-state index contributed by atoms with van der Waals surface area (Å²) in [6, 6.07) is 0.